The van der Waals surface area contributed by atoms with Crippen LogP contribution in [0.1, 0.15) is 0 Å². The second-order valence-corrected chi connectivity index (χ2v) is 9.68. The van der Waals surface area contributed by atoms with Crippen molar-refractivity contribution in [2.75, 3.05) is 6.61 Å². The van der Waals surface area contributed by atoms with E-state index >= 15 is 0 Å². The number of phosphoric acid groups is 3. The summed E-state index contributed by atoms with van der Waals surface area (Å²) in [4.78, 5) is 64.2. The molecule has 18 nitrogen and oxygen atoms in total. The number of nitrogens with one attached hydrogen (secondary N) is 1. The Balaban J connectivity index is 0.000000330. The summed E-state index contributed by atoms with van der Waals surface area (Å²) >= 11 is 0. The minimum absolute atomic E-state index is 0.304. The lowest BCUT2D eigenvalue weighted by Gasteiger charge is -2.24. The molecule has 4 atom stereocenters. The smallest absolute Gasteiger partial charge is 0.394 e. The van der Waals surface area contributed by atoms with Gasteiger partial charge in [-0.3, -0.25) is 9.78 Å². The molecule has 2 rings (SSSR count). The predicted molar refractivity (Wildman–Crippen MR) is 90.5 cm³/mol. The first kappa shape index (κ1) is 27.9. The Labute approximate surface area is 169 Å². The molecule has 0 unspecified atom stereocenters. The molecule has 0 bridgehead atoms. The quantitative estimate of drug-likeness (QED) is 0.165. The highest BCUT2D eigenvalue weighted by Gasteiger charge is 2.57. The van der Waals surface area contributed by atoms with Crippen molar-refractivity contribution in [3.05, 3.63) is 33.1 Å². The zero-order valence-electron chi connectivity index (χ0n) is 14.6. The number of halogens is 1. The highest BCUT2D eigenvalue weighted by Crippen LogP contribution is 2.64. The fraction of sp³-hybridized carbons (Fsp3) is 0.556. The predicted octanol–water partition coefficient (Wildman–Crippen LogP) is -3.47. The molecule has 180 valence electrons. The largest absolute Gasteiger partial charge is 0.490 e. The van der Waals surface area contributed by atoms with Gasteiger partial charge in [0.2, 0.25) is 0 Å². The minimum atomic E-state index is -5.46. The summed E-state index contributed by atoms with van der Waals surface area (Å²) in [6.07, 6.45) is -4.35. The molecule has 0 spiro atoms. The van der Waals surface area contributed by atoms with Crippen molar-refractivity contribution in [3.63, 3.8) is 0 Å². The van der Waals surface area contributed by atoms with Gasteiger partial charge in [0.05, 0.1) is 6.61 Å². The second-order valence-electron chi connectivity index (χ2n) is 5.48. The molecule has 0 aromatic carbocycles. The van der Waals surface area contributed by atoms with Gasteiger partial charge < -0.3 is 44.5 Å². The number of hydrogen-bond donors (Lipinski definition) is 9. The van der Waals surface area contributed by atoms with E-state index in [-0.39, 0.29) is 0 Å². The Bertz CT molecular complexity index is 1000. The molecule has 0 amide bonds. The number of aliphatic hydroxyl groups excluding tert-OH is 3. The molecular weight excluding hydrogens is 504 g/mol. The van der Waals surface area contributed by atoms with Crippen LogP contribution >= 0.6 is 23.5 Å². The Hall–Kier alpha value is -1.14. The van der Waals surface area contributed by atoms with Gasteiger partial charge in [-0.15, -0.1) is 0 Å². The van der Waals surface area contributed by atoms with Crippen molar-refractivity contribution >= 4 is 23.5 Å². The number of aromatic amines is 1. The van der Waals surface area contributed by atoms with Crippen LogP contribution in [0.25, 0.3) is 0 Å². The minimum Gasteiger partial charge on any atom is -0.394 e. The summed E-state index contributed by atoms with van der Waals surface area (Å²) in [5, 5.41) is 27.8. The van der Waals surface area contributed by atoms with Crippen molar-refractivity contribution in [1.82, 2.24) is 9.55 Å². The molecule has 0 saturated carbocycles. The zero-order chi connectivity index (χ0) is 24.4. The molecule has 31 heavy (non-hydrogen) atoms. The van der Waals surface area contributed by atoms with Crippen LogP contribution in [0.4, 0.5) is 4.39 Å². The molecule has 0 radical (unpaired) electrons. The maximum Gasteiger partial charge on any atom is 0.490 e. The van der Waals surface area contributed by atoms with E-state index in [1.807, 2.05) is 0 Å². The Kier molecular flexibility index (Phi) is 8.80. The van der Waals surface area contributed by atoms with Gasteiger partial charge in [0.15, 0.2) is 6.10 Å². The number of aromatic nitrogens is 2. The fourth-order valence-electron chi connectivity index (χ4n) is 2.05. The lowest BCUT2D eigenvalue weighted by atomic mass is 10.1. The zero-order valence-corrected chi connectivity index (χ0v) is 17.3. The van der Waals surface area contributed by atoms with Crippen LogP contribution in [0, 0.1) is 0 Å². The van der Waals surface area contributed by atoms with E-state index in [4.69, 9.17) is 29.6 Å². The molecule has 2 heterocycles. The van der Waals surface area contributed by atoms with Crippen LogP contribution in [-0.4, -0.2) is 74.3 Å². The van der Waals surface area contributed by atoms with E-state index in [1.165, 1.54) is 0 Å². The van der Waals surface area contributed by atoms with Crippen LogP contribution < -0.4 is 11.2 Å². The first-order valence-corrected chi connectivity index (χ1v) is 11.9. The van der Waals surface area contributed by atoms with Crippen molar-refractivity contribution < 1.29 is 71.2 Å². The van der Waals surface area contributed by atoms with E-state index in [9.17, 15) is 37.9 Å². The molecule has 0 aliphatic carbocycles. The van der Waals surface area contributed by atoms with Gasteiger partial charge in [0, 0.05) is 12.3 Å². The van der Waals surface area contributed by atoms with E-state index < -0.39 is 65.6 Å². The highest BCUT2D eigenvalue weighted by molar-refractivity contribution is 7.66. The molecule has 1 aliphatic heterocycles. The molecule has 22 heteroatoms. The van der Waals surface area contributed by atoms with Gasteiger partial charge in [-0.25, -0.2) is 23.1 Å². The van der Waals surface area contributed by atoms with Crippen LogP contribution in [0.5, 0.6) is 0 Å². The fourth-order valence-corrected chi connectivity index (χ4v) is 4.59. The normalized spacial score (nSPS) is 26.9. The van der Waals surface area contributed by atoms with Crippen molar-refractivity contribution in [3.8, 4) is 0 Å². The molecule has 1 aromatic rings. The molecule has 1 aliphatic rings. The Morgan fingerprint density at radius 2 is 1.58 bits per heavy atom. The van der Waals surface area contributed by atoms with Crippen LogP contribution in [0.2, 0.25) is 0 Å². The maximum atomic E-state index is 14.4. The average molecular weight is 520 g/mol. The average Bonchev–Trinajstić information content (AvgIpc) is 2.75. The van der Waals surface area contributed by atoms with Crippen LogP contribution in [0.15, 0.2) is 21.9 Å². The molecule has 9 N–H and O–H groups in total. The van der Waals surface area contributed by atoms with Crippen LogP contribution in [0.3, 0.4) is 0 Å². The molecule has 1 aromatic heterocycles. The Morgan fingerprint density at radius 3 is 1.94 bits per heavy atom. The molecular formula is C9H16FN2O16P3. The number of ether oxygens (including phenoxy) is 1. The van der Waals surface area contributed by atoms with Crippen molar-refractivity contribution in [2.45, 2.75) is 24.3 Å². The van der Waals surface area contributed by atoms with Crippen LogP contribution in [-0.2, 0) is 33.0 Å². The third-order valence-corrected chi connectivity index (χ3v) is 6.49. The number of rotatable bonds is 6. The van der Waals surface area contributed by atoms with E-state index in [0.29, 0.717) is 4.57 Å². The first-order chi connectivity index (χ1) is 13.8. The van der Waals surface area contributed by atoms with Gasteiger partial charge in [-0.05, 0) is 0 Å². The summed E-state index contributed by atoms with van der Waals surface area (Å²) < 4.78 is 55.8. The maximum absolute atomic E-state index is 14.4. The lowest BCUT2D eigenvalue weighted by Crippen LogP contribution is -2.48. The van der Waals surface area contributed by atoms with Gasteiger partial charge in [0.25, 0.3) is 5.56 Å². The lowest BCUT2D eigenvalue weighted by molar-refractivity contribution is -0.239. The number of nitrogens with zero attached hydrogens (tertiary/aromatic N) is 1. The van der Waals surface area contributed by atoms with Gasteiger partial charge in [0.1, 0.15) is 12.2 Å². The van der Waals surface area contributed by atoms with Crippen molar-refractivity contribution in [1.29, 1.82) is 0 Å². The Morgan fingerprint density at radius 1 is 1.10 bits per heavy atom. The topological polar surface area (TPSA) is 296 Å². The number of aliphatic hydroxyl groups is 3. The number of alkyl halides is 1. The monoisotopic (exact) mass is 520 g/mol. The van der Waals surface area contributed by atoms with Gasteiger partial charge in [-0.1, -0.05) is 0 Å². The van der Waals surface area contributed by atoms with E-state index in [2.05, 4.69) is 13.4 Å². The van der Waals surface area contributed by atoms with Crippen molar-refractivity contribution in [2.24, 2.45) is 0 Å². The van der Waals surface area contributed by atoms with E-state index in [1.54, 1.807) is 4.98 Å². The standard InChI is InChI=1S/C9H11FN2O6.H5O10P3/c10-9(7(16)6(15)4(3-13)18-9)12-2-1-5(14)11-8(12)17;1-11(2,3)9-13(7,8)10-12(4,5)6/h1-2,4,6-7,13,15-16H,3H2,(H,11,14,17);(H,7,8)(H2,1,2,3)(H2,4,5,6)/t4-,6-,7-,9+;/m1./s1. The summed E-state index contributed by atoms with van der Waals surface area (Å²) in [5.74, 6) is -3.05. The number of hydrogen-bond acceptors (Lipinski definition) is 11. The molecule has 1 saturated heterocycles. The second kappa shape index (κ2) is 9.78. The molecule has 1 fully saturated rings. The third kappa shape index (κ3) is 8.05. The van der Waals surface area contributed by atoms with Gasteiger partial charge >= 0.3 is 35.1 Å². The third-order valence-electron chi connectivity index (χ3n) is 3.14. The first-order valence-electron chi connectivity index (χ1n) is 7.34. The summed E-state index contributed by atoms with van der Waals surface area (Å²) in [6.45, 7) is -0.734. The summed E-state index contributed by atoms with van der Waals surface area (Å²) in [6, 6.07) is 0.859. The SMILES string of the molecule is O=P(O)(O)OP(=O)(O)OP(=O)(O)O.O=c1ccn([C@]2(F)O[C@H](CO)[C@@H](O)[C@H]2O)c(=O)[nH]1. The summed E-state index contributed by atoms with van der Waals surface area (Å²) in [5.41, 5.74) is -1.89. The number of H-pyrrole nitrogens is 1. The summed E-state index contributed by atoms with van der Waals surface area (Å²) in [7, 11) is -16.2. The van der Waals surface area contributed by atoms with E-state index in [0.717, 1.165) is 12.3 Å². The highest BCUT2D eigenvalue weighted by atomic mass is 31.3. The van der Waals surface area contributed by atoms with Gasteiger partial charge in [-0.2, -0.15) is 13.0 Å².